The topological polar surface area (TPSA) is 95.9 Å². The summed E-state index contributed by atoms with van der Waals surface area (Å²) in [5.74, 6) is -1.77. The van der Waals surface area contributed by atoms with E-state index in [4.69, 9.17) is 5.11 Å². The lowest BCUT2D eigenvalue weighted by Gasteiger charge is -2.20. The highest BCUT2D eigenvalue weighted by Crippen LogP contribution is 2.12. The van der Waals surface area contributed by atoms with Crippen molar-refractivity contribution in [3.8, 4) is 0 Å². The van der Waals surface area contributed by atoms with Crippen LogP contribution in [0.15, 0.2) is 30.3 Å². The molecule has 19 heavy (non-hydrogen) atoms. The number of hydrogen-bond acceptors (Lipinski definition) is 4. The molecule has 0 atom stereocenters. The van der Waals surface area contributed by atoms with E-state index in [1.54, 1.807) is 30.3 Å². The van der Waals surface area contributed by atoms with Gasteiger partial charge in [0.1, 0.15) is 13.1 Å². The number of methoxy groups -OCH3 is 1. The van der Waals surface area contributed by atoms with Crippen molar-refractivity contribution in [1.82, 2.24) is 5.32 Å². The van der Waals surface area contributed by atoms with Gasteiger partial charge in [0, 0.05) is 5.69 Å². The van der Waals surface area contributed by atoms with E-state index >= 15 is 0 Å². The largest absolute Gasteiger partial charge is 0.480 e. The molecule has 0 fully saturated rings. The second kappa shape index (κ2) is 7.00. The number of nitrogens with one attached hydrogen (secondary N) is 1. The van der Waals surface area contributed by atoms with E-state index in [1.807, 2.05) is 0 Å². The third-order valence-electron chi connectivity index (χ3n) is 2.22. The Bertz CT molecular complexity index is 460. The number of carboxylic acid groups (broad SMARTS) is 1. The number of carbonyl (C=O) groups is 3. The maximum absolute atomic E-state index is 11.8. The summed E-state index contributed by atoms with van der Waals surface area (Å²) in [6, 6.07) is 7.62. The van der Waals surface area contributed by atoms with E-state index in [0.29, 0.717) is 5.69 Å². The summed E-state index contributed by atoms with van der Waals surface area (Å²) in [6.07, 6.45) is 0. The smallest absolute Gasteiger partial charge is 0.325 e. The van der Waals surface area contributed by atoms with Crippen LogP contribution in [0.3, 0.4) is 0 Å². The van der Waals surface area contributed by atoms with Crippen LogP contribution in [0.25, 0.3) is 0 Å². The average molecular weight is 266 g/mol. The van der Waals surface area contributed by atoms with Crippen LogP contribution in [0.1, 0.15) is 0 Å². The minimum Gasteiger partial charge on any atom is -0.480 e. The number of esters is 1. The van der Waals surface area contributed by atoms with Gasteiger partial charge in [-0.3, -0.25) is 14.5 Å². The molecule has 0 bridgehead atoms. The van der Waals surface area contributed by atoms with Gasteiger partial charge in [-0.25, -0.2) is 4.79 Å². The van der Waals surface area contributed by atoms with Crippen molar-refractivity contribution in [2.45, 2.75) is 0 Å². The molecule has 0 aliphatic heterocycles. The molecule has 1 aromatic rings. The number of nitrogens with zero attached hydrogens (tertiary/aromatic N) is 1. The van der Waals surface area contributed by atoms with Crippen LogP contribution in [0.4, 0.5) is 10.5 Å². The maximum Gasteiger partial charge on any atom is 0.325 e. The van der Waals surface area contributed by atoms with Crippen LogP contribution in [0.5, 0.6) is 0 Å². The van der Waals surface area contributed by atoms with Gasteiger partial charge in [0.25, 0.3) is 0 Å². The highest BCUT2D eigenvalue weighted by Gasteiger charge is 2.19. The van der Waals surface area contributed by atoms with E-state index in [0.717, 1.165) is 4.90 Å². The Balaban J connectivity index is 2.77. The van der Waals surface area contributed by atoms with E-state index in [-0.39, 0.29) is 6.54 Å². The Morgan fingerprint density at radius 1 is 1.26 bits per heavy atom. The van der Waals surface area contributed by atoms with Crippen molar-refractivity contribution in [3.63, 3.8) is 0 Å². The molecule has 1 rings (SSSR count). The number of para-hydroxylation sites is 1. The maximum atomic E-state index is 11.8. The number of urea groups is 1. The molecule has 2 amide bonds. The fourth-order valence-electron chi connectivity index (χ4n) is 1.34. The first-order valence-electron chi connectivity index (χ1n) is 5.43. The first-order valence-corrected chi connectivity index (χ1v) is 5.43. The Morgan fingerprint density at radius 2 is 1.89 bits per heavy atom. The Labute approximate surface area is 109 Å². The third kappa shape index (κ3) is 4.66. The normalized spacial score (nSPS) is 9.53. The van der Waals surface area contributed by atoms with Crippen LogP contribution in [-0.2, 0) is 14.3 Å². The molecule has 102 valence electrons. The van der Waals surface area contributed by atoms with Crippen LogP contribution in [0, 0.1) is 0 Å². The third-order valence-corrected chi connectivity index (χ3v) is 2.22. The summed E-state index contributed by atoms with van der Waals surface area (Å²) in [7, 11) is 1.20. The molecular weight excluding hydrogens is 252 g/mol. The number of carboxylic acids is 1. The lowest BCUT2D eigenvalue weighted by Crippen LogP contribution is -2.44. The summed E-state index contributed by atoms with van der Waals surface area (Å²) in [5, 5.41) is 11.1. The minimum atomic E-state index is -1.16. The second-order valence-electron chi connectivity index (χ2n) is 3.55. The van der Waals surface area contributed by atoms with Crippen molar-refractivity contribution < 1.29 is 24.2 Å². The molecule has 0 saturated heterocycles. The van der Waals surface area contributed by atoms with Gasteiger partial charge in [-0.15, -0.1) is 0 Å². The lowest BCUT2D eigenvalue weighted by molar-refractivity contribution is -0.139. The van der Waals surface area contributed by atoms with Gasteiger partial charge < -0.3 is 15.2 Å². The molecule has 0 aromatic heterocycles. The predicted octanol–water partition coefficient (Wildman–Crippen LogP) is 0.460. The quantitative estimate of drug-likeness (QED) is 0.755. The summed E-state index contributed by atoms with van der Waals surface area (Å²) >= 11 is 0. The zero-order valence-electron chi connectivity index (χ0n) is 10.3. The van der Waals surface area contributed by atoms with Crippen molar-refractivity contribution in [2.75, 3.05) is 25.1 Å². The molecule has 0 spiro atoms. The van der Waals surface area contributed by atoms with E-state index < -0.39 is 24.5 Å². The fraction of sp³-hybridized carbons (Fsp3) is 0.250. The van der Waals surface area contributed by atoms with Gasteiger partial charge in [0.2, 0.25) is 0 Å². The number of ether oxygens (including phenoxy) is 1. The molecule has 0 saturated carbocycles. The van der Waals surface area contributed by atoms with Gasteiger partial charge in [-0.05, 0) is 12.1 Å². The second-order valence-corrected chi connectivity index (χ2v) is 3.55. The van der Waals surface area contributed by atoms with Crippen LogP contribution in [0.2, 0.25) is 0 Å². The zero-order valence-corrected chi connectivity index (χ0v) is 10.3. The molecule has 0 heterocycles. The fourth-order valence-corrected chi connectivity index (χ4v) is 1.34. The monoisotopic (exact) mass is 266 g/mol. The van der Waals surface area contributed by atoms with Crippen LogP contribution in [-0.4, -0.2) is 43.3 Å². The summed E-state index contributed by atoms with van der Waals surface area (Å²) in [4.78, 5) is 34.6. The number of amides is 2. The van der Waals surface area contributed by atoms with Crippen molar-refractivity contribution in [1.29, 1.82) is 0 Å². The van der Waals surface area contributed by atoms with Gasteiger partial charge in [0.05, 0.1) is 7.11 Å². The highest BCUT2D eigenvalue weighted by atomic mass is 16.5. The van der Waals surface area contributed by atoms with E-state index in [2.05, 4.69) is 10.1 Å². The molecule has 0 unspecified atom stereocenters. The first kappa shape index (κ1) is 14.5. The average Bonchev–Trinajstić information content (AvgIpc) is 2.42. The van der Waals surface area contributed by atoms with Crippen molar-refractivity contribution >= 4 is 23.7 Å². The van der Waals surface area contributed by atoms with Gasteiger partial charge in [-0.1, -0.05) is 18.2 Å². The predicted molar refractivity (Wildman–Crippen MR) is 66.8 cm³/mol. The van der Waals surface area contributed by atoms with Crippen LogP contribution < -0.4 is 10.2 Å². The van der Waals surface area contributed by atoms with Gasteiger partial charge in [0.15, 0.2) is 0 Å². The molecule has 7 heteroatoms. The molecule has 0 aliphatic carbocycles. The SMILES string of the molecule is COC(=O)CNC(=O)N(CC(=O)O)c1ccccc1. The zero-order chi connectivity index (χ0) is 14.3. The number of anilines is 1. The van der Waals surface area contributed by atoms with E-state index in [1.165, 1.54) is 7.11 Å². The van der Waals surface area contributed by atoms with Crippen molar-refractivity contribution in [2.24, 2.45) is 0 Å². The Hall–Kier alpha value is -2.57. The molecular formula is C12H14N2O5. The number of rotatable bonds is 5. The Kier molecular flexibility index (Phi) is 5.34. The summed E-state index contributed by atoms with van der Waals surface area (Å²) < 4.78 is 4.38. The standard InChI is InChI=1S/C12H14N2O5/c1-19-11(17)7-13-12(18)14(8-10(15)16)9-5-3-2-4-6-9/h2-6H,7-8H2,1H3,(H,13,18)(H,15,16). The summed E-state index contributed by atoms with van der Waals surface area (Å²) in [5.41, 5.74) is 0.423. The number of benzene rings is 1. The van der Waals surface area contributed by atoms with Crippen LogP contribution >= 0.6 is 0 Å². The summed E-state index contributed by atoms with van der Waals surface area (Å²) in [6.45, 7) is -0.824. The Morgan fingerprint density at radius 3 is 2.42 bits per heavy atom. The lowest BCUT2D eigenvalue weighted by atomic mass is 10.3. The van der Waals surface area contributed by atoms with E-state index in [9.17, 15) is 14.4 Å². The number of aliphatic carboxylic acids is 1. The minimum absolute atomic E-state index is 0.321. The molecule has 0 aliphatic rings. The van der Waals surface area contributed by atoms with Crippen molar-refractivity contribution in [3.05, 3.63) is 30.3 Å². The van der Waals surface area contributed by atoms with Gasteiger partial charge >= 0.3 is 18.0 Å². The first-order chi connectivity index (χ1) is 9.04. The molecule has 0 radical (unpaired) electrons. The molecule has 1 aromatic carbocycles. The highest BCUT2D eigenvalue weighted by molar-refractivity contribution is 5.97. The van der Waals surface area contributed by atoms with Gasteiger partial charge in [-0.2, -0.15) is 0 Å². The number of carbonyl (C=O) groups excluding carboxylic acids is 2. The number of hydrogen-bond donors (Lipinski definition) is 2. The molecule has 7 nitrogen and oxygen atoms in total. The molecule has 2 N–H and O–H groups in total.